The molecular formula is C11H24ClN3O2. The van der Waals surface area contributed by atoms with Crippen molar-refractivity contribution < 1.29 is 9.59 Å². The molecule has 0 atom stereocenters. The Morgan fingerprint density at radius 1 is 1.12 bits per heavy atom. The van der Waals surface area contributed by atoms with Gasteiger partial charge in [0.05, 0.1) is 0 Å². The SMILES string of the molecule is CC(C)CC(=O)NCCC(=O)NCCCN.Cl. The molecule has 0 unspecified atom stereocenters. The molecule has 17 heavy (non-hydrogen) atoms. The van der Waals surface area contributed by atoms with Gasteiger partial charge in [0.25, 0.3) is 0 Å². The Balaban J connectivity index is 0. The van der Waals surface area contributed by atoms with Crippen molar-refractivity contribution in [3.63, 3.8) is 0 Å². The first kappa shape index (κ1) is 18.6. The predicted octanol–water partition coefficient (Wildman–Crippen LogP) is 0.426. The number of hydrogen-bond donors (Lipinski definition) is 3. The van der Waals surface area contributed by atoms with E-state index < -0.39 is 0 Å². The van der Waals surface area contributed by atoms with E-state index in [1.165, 1.54) is 0 Å². The Morgan fingerprint density at radius 3 is 2.24 bits per heavy atom. The van der Waals surface area contributed by atoms with Gasteiger partial charge in [0.15, 0.2) is 0 Å². The Hall–Kier alpha value is -0.810. The predicted molar refractivity (Wildman–Crippen MR) is 71.0 cm³/mol. The Morgan fingerprint density at radius 2 is 1.71 bits per heavy atom. The van der Waals surface area contributed by atoms with Gasteiger partial charge in [-0.25, -0.2) is 0 Å². The number of carbonyl (C=O) groups is 2. The fraction of sp³-hybridized carbons (Fsp3) is 0.818. The molecule has 0 aromatic carbocycles. The number of carbonyl (C=O) groups excluding carboxylic acids is 2. The zero-order valence-electron chi connectivity index (χ0n) is 10.6. The average molecular weight is 266 g/mol. The molecule has 0 rings (SSSR count). The molecule has 2 amide bonds. The van der Waals surface area contributed by atoms with E-state index in [4.69, 9.17) is 5.73 Å². The molecule has 4 N–H and O–H groups in total. The second kappa shape index (κ2) is 11.7. The molecule has 0 aliphatic carbocycles. The largest absolute Gasteiger partial charge is 0.356 e. The molecule has 6 heteroatoms. The van der Waals surface area contributed by atoms with Crippen LogP contribution >= 0.6 is 12.4 Å². The van der Waals surface area contributed by atoms with Gasteiger partial charge in [-0.15, -0.1) is 12.4 Å². The van der Waals surface area contributed by atoms with E-state index in [0.29, 0.717) is 38.4 Å². The number of nitrogens with one attached hydrogen (secondary N) is 2. The Bertz CT molecular complexity index is 223. The molecule has 0 saturated carbocycles. The number of halogens is 1. The third-order valence-electron chi connectivity index (χ3n) is 1.97. The van der Waals surface area contributed by atoms with Crippen molar-refractivity contribution in [2.45, 2.75) is 33.1 Å². The lowest BCUT2D eigenvalue weighted by Crippen LogP contribution is -2.32. The van der Waals surface area contributed by atoms with Gasteiger partial charge >= 0.3 is 0 Å². The minimum absolute atomic E-state index is 0. The first-order valence-electron chi connectivity index (χ1n) is 5.79. The van der Waals surface area contributed by atoms with Crippen LogP contribution in [0.2, 0.25) is 0 Å². The maximum Gasteiger partial charge on any atom is 0.221 e. The lowest BCUT2D eigenvalue weighted by atomic mass is 10.1. The summed E-state index contributed by atoms with van der Waals surface area (Å²) in [5.41, 5.74) is 5.29. The van der Waals surface area contributed by atoms with Crippen LogP contribution in [0, 0.1) is 5.92 Å². The van der Waals surface area contributed by atoms with E-state index in [2.05, 4.69) is 10.6 Å². The molecule has 0 radical (unpaired) electrons. The Kier molecular flexibility index (Phi) is 12.7. The topological polar surface area (TPSA) is 84.2 Å². The summed E-state index contributed by atoms with van der Waals surface area (Å²) in [6.07, 6.45) is 1.62. The number of rotatable bonds is 8. The van der Waals surface area contributed by atoms with Crippen LogP contribution < -0.4 is 16.4 Å². The quantitative estimate of drug-likeness (QED) is 0.557. The summed E-state index contributed by atoms with van der Waals surface area (Å²) >= 11 is 0. The minimum Gasteiger partial charge on any atom is -0.356 e. The van der Waals surface area contributed by atoms with Crippen LogP contribution in [-0.2, 0) is 9.59 Å². The van der Waals surface area contributed by atoms with E-state index in [1.807, 2.05) is 13.8 Å². The molecule has 0 bridgehead atoms. The minimum atomic E-state index is -0.0432. The van der Waals surface area contributed by atoms with Crippen LogP contribution in [0.15, 0.2) is 0 Å². The number of nitrogens with two attached hydrogens (primary N) is 1. The zero-order chi connectivity index (χ0) is 12.4. The van der Waals surface area contributed by atoms with Crippen molar-refractivity contribution in [3.05, 3.63) is 0 Å². The molecular weight excluding hydrogens is 242 g/mol. The van der Waals surface area contributed by atoms with Crippen molar-refractivity contribution in [2.75, 3.05) is 19.6 Å². The van der Waals surface area contributed by atoms with Gasteiger partial charge in [0.1, 0.15) is 0 Å². The van der Waals surface area contributed by atoms with E-state index in [0.717, 1.165) is 6.42 Å². The van der Waals surface area contributed by atoms with Crippen LogP contribution in [0.5, 0.6) is 0 Å². The van der Waals surface area contributed by atoms with E-state index in [1.54, 1.807) is 0 Å². The van der Waals surface area contributed by atoms with Crippen LogP contribution in [0.3, 0.4) is 0 Å². The summed E-state index contributed by atoms with van der Waals surface area (Å²) in [5, 5.41) is 5.44. The smallest absolute Gasteiger partial charge is 0.221 e. The zero-order valence-corrected chi connectivity index (χ0v) is 11.4. The molecule has 5 nitrogen and oxygen atoms in total. The standard InChI is InChI=1S/C11H23N3O2.ClH/c1-9(2)8-11(16)14-7-4-10(15)13-6-3-5-12;/h9H,3-8,12H2,1-2H3,(H,13,15)(H,14,16);1H. The maximum absolute atomic E-state index is 11.2. The van der Waals surface area contributed by atoms with Crippen molar-refractivity contribution in [1.29, 1.82) is 0 Å². The van der Waals surface area contributed by atoms with Crippen molar-refractivity contribution in [3.8, 4) is 0 Å². The van der Waals surface area contributed by atoms with Gasteiger partial charge in [-0.1, -0.05) is 13.8 Å². The molecule has 0 fully saturated rings. The second-order valence-corrected chi connectivity index (χ2v) is 4.19. The van der Waals surface area contributed by atoms with E-state index in [-0.39, 0.29) is 24.2 Å². The maximum atomic E-state index is 11.2. The Labute approximate surface area is 109 Å². The van der Waals surface area contributed by atoms with Crippen LogP contribution in [0.1, 0.15) is 33.1 Å². The molecule has 0 aromatic heterocycles. The summed E-state index contributed by atoms with van der Waals surface area (Å²) < 4.78 is 0. The summed E-state index contributed by atoms with van der Waals surface area (Å²) in [4.78, 5) is 22.5. The van der Waals surface area contributed by atoms with E-state index in [9.17, 15) is 9.59 Å². The van der Waals surface area contributed by atoms with Gasteiger partial charge in [-0.2, -0.15) is 0 Å². The summed E-state index contributed by atoms with van der Waals surface area (Å²) in [6, 6.07) is 0. The highest BCUT2D eigenvalue weighted by atomic mass is 35.5. The summed E-state index contributed by atoms with van der Waals surface area (Å²) in [6.45, 7) is 5.55. The van der Waals surface area contributed by atoms with Crippen LogP contribution in [0.25, 0.3) is 0 Å². The van der Waals surface area contributed by atoms with Gasteiger partial charge in [0, 0.05) is 25.9 Å². The summed E-state index contributed by atoms with van der Waals surface area (Å²) in [5.74, 6) is 0.307. The highest BCUT2D eigenvalue weighted by molar-refractivity contribution is 5.85. The highest BCUT2D eigenvalue weighted by Crippen LogP contribution is 1.97. The van der Waals surface area contributed by atoms with Gasteiger partial charge in [0.2, 0.25) is 11.8 Å². The van der Waals surface area contributed by atoms with Crippen LogP contribution in [-0.4, -0.2) is 31.4 Å². The molecule has 0 aliphatic rings. The van der Waals surface area contributed by atoms with Crippen LogP contribution in [0.4, 0.5) is 0 Å². The first-order valence-corrected chi connectivity index (χ1v) is 5.79. The number of hydrogen-bond acceptors (Lipinski definition) is 3. The first-order chi connectivity index (χ1) is 7.56. The third-order valence-corrected chi connectivity index (χ3v) is 1.97. The average Bonchev–Trinajstić information content (AvgIpc) is 2.17. The third kappa shape index (κ3) is 13.1. The monoisotopic (exact) mass is 265 g/mol. The van der Waals surface area contributed by atoms with Gasteiger partial charge in [-0.3, -0.25) is 9.59 Å². The summed E-state index contributed by atoms with van der Waals surface area (Å²) in [7, 11) is 0. The van der Waals surface area contributed by atoms with Gasteiger partial charge < -0.3 is 16.4 Å². The molecule has 0 aromatic rings. The molecule has 0 spiro atoms. The molecule has 0 heterocycles. The number of amides is 2. The van der Waals surface area contributed by atoms with Crippen molar-refractivity contribution in [2.24, 2.45) is 11.7 Å². The molecule has 0 aliphatic heterocycles. The fourth-order valence-corrected chi connectivity index (χ4v) is 1.18. The fourth-order valence-electron chi connectivity index (χ4n) is 1.18. The highest BCUT2D eigenvalue weighted by Gasteiger charge is 2.05. The van der Waals surface area contributed by atoms with Gasteiger partial charge in [-0.05, 0) is 18.9 Å². The van der Waals surface area contributed by atoms with Crippen molar-refractivity contribution >= 4 is 24.2 Å². The molecule has 0 saturated heterocycles. The normalized spacial score (nSPS) is 9.65. The van der Waals surface area contributed by atoms with E-state index >= 15 is 0 Å². The molecule has 102 valence electrons. The van der Waals surface area contributed by atoms with Crippen molar-refractivity contribution in [1.82, 2.24) is 10.6 Å². The lowest BCUT2D eigenvalue weighted by Gasteiger charge is -2.07. The lowest BCUT2D eigenvalue weighted by molar-refractivity contribution is -0.122. The second-order valence-electron chi connectivity index (χ2n) is 4.19.